The third-order valence-corrected chi connectivity index (χ3v) is 8.03. The second kappa shape index (κ2) is 13.1. The lowest BCUT2D eigenvalue weighted by Crippen LogP contribution is -2.40. The maximum Gasteiger partial charge on any atom is 0.236 e. The van der Waals surface area contributed by atoms with Crippen LogP contribution in [0.1, 0.15) is 39.9 Å². The molecule has 0 unspecified atom stereocenters. The molecule has 2 aliphatic heterocycles. The fourth-order valence-electron chi connectivity index (χ4n) is 5.28. The number of amides is 1. The van der Waals surface area contributed by atoms with Crippen molar-refractivity contribution in [2.45, 2.75) is 38.3 Å². The maximum absolute atomic E-state index is 13.1. The number of rotatable bonds is 8. The van der Waals surface area contributed by atoms with Gasteiger partial charge < -0.3 is 15.0 Å². The van der Waals surface area contributed by atoms with Crippen molar-refractivity contribution in [2.24, 2.45) is 0 Å². The molecular weight excluding hydrogens is 549 g/mol. The zero-order valence-electron chi connectivity index (χ0n) is 22.5. The minimum atomic E-state index is 0.0722. The summed E-state index contributed by atoms with van der Waals surface area (Å²) in [7, 11) is 1.89. The molecule has 1 saturated heterocycles. The van der Waals surface area contributed by atoms with Crippen LogP contribution < -0.4 is 5.32 Å². The highest BCUT2D eigenvalue weighted by Gasteiger charge is 2.21. The quantitative estimate of drug-likeness (QED) is 0.378. The summed E-state index contributed by atoms with van der Waals surface area (Å²) < 4.78 is 5.42. The van der Waals surface area contributed by atoms with Gasteiger partial charge in [-0.05, 0) is 67.6 Å². The molecule has 1 fully saturated rings. The van der Waals surface area contributed by atoms with Crippen molar-refractivity contribution in [1.29, 1.82) is 0 Å². The molecule has 40 heavy (non-hydrogen) atoms. The Kier molecular flexibility index (Phi) is 9.32. The number of benzene rings is 2. The first-order valence-corrected chi connectivity index (χ1v) is 14.3. The van der Waals surface area contributed by atoms with Crippen molar-refractivity contribution in [2.75, 3.05) is 45.2 Å². The van der Waals surface area contributed by atoms with Gasteiger partial charge in [0.2, 0.25) is 11.9 Å². The first-order valence-electron chi connectivity index (χ1n) is 13.6. The molecule has 3 heterocycles. The molecule has 0 aliphatic carbocycles. The van der Waals surface area contributed by atoms with Crippen LogP contribution in [0.2, 0.25) is 10.0 Å². The maximum atomic E-state index is 13.1. The SMILES string of the molecule is CN(CC(=O)N1CCc2ccc(Cl)cc2CC1)Cc1ccc(-c2nc(NC3CCOCC3)ncc2Cl)cc1C=O. The predicted molar refractivity (Wildman–Crippen MR) is 157 cm³/mol. The van der Waals surface area contributed by atoms with E-state index in [9.17, 15) is 9.59 Å². The smallest absolute Gasteiger partial charge is 0.236 e. The number of ether oxygens (including phenoxy) is 1. The number of halogens is 2. The minimum absolute atomic E-state index is 0.0722. The van der Waals surface area contributed by atoms with E-state index in [2.05, 4.69) is 21.4 Å². The van der Waals surface area contributed by atoms with Crippen LogP contribution >= 0.6 is 23.2 Å². The minimum Gasteiger partial charge on any atom is -0.381 e. The molecule has 0 saturated carbocycles. The molecule has 0 radical (unpaired) electrons. The van der Waals surface area contributed by atoms with E-state index in [1.807, 2.05) is 41.1 Å². The zero-order chi connectivity index (χ0) is 28.1. The molecule has 3 aromatic rings. The zero-order valence-corrected chi connectivity index (χ0v) is 24.0. The van der Waals surface area contributed by atoms with E-state index in [4.69, 9.17) is 27.9 Å². The Morgan fingerprint density at radius 3 is 2.67 bits per heavy atom. The molecule has 2 aliphatic rings. The monoisotopic (exact) mass is 581 g/mol. The van der Waals surface area contributed by atoms with Gasteiger partial charge in [0, 0.05) is 55.0 Å². The number of nitrogens with one attached hydrogen (secondary N) is 1. The van der Waals surface area contributed by atoms with Crippen molar-refractivity contribution >= 4 is 41.3 Å². The fraction of sp³-hybridized carbons (Fsp3) is 0.400. The van der Waals surface area contributed by atoms with Crippen LogP contribution in [0.3, 0.4) is 0 Å². The van der Waals surface area contributed by atoms with Crippen molar-refractivity contribution in [3.63, 3.8) is 0 Å². The highest BCUT2D eigenvalue weighted by molar-refractivity contribution is 6.33. The second-order valence-electron chi connectivity index (χ2n) is 10.4. The average Bonchev–Trinajstić information content (AvgIpc) is 3.17. The first kappa shape index (κ1) is 28.5. The second-order valence-corrected chi connectivity index (χ2v) is 11.3. The van der Waals surface area contributed by atoms with Gasteiger partial charge in [-0.2, -0.15) is 0 Å². The van der Waals surface area contributed by atoms with Gasteiger partial charge in [0.15, 0.2) is 0 Å². The average molecular weight is 583 g/mol. The Hall–Kier alpha value is -3.04. The lowest BCUT2D eigenvalue weighted by Gasteiger charge is -2.24. The highest BCUT2D eigenvalue weighted by Crippen LogP contribution is 2.29. The number of hydrogen-bond donors (Lipinski definition) is 1. The molecular formula is C30H33Cl2N5O3. The topological polar surface area (TPSA) is 87.7 Å². The van der Waals surface area contributed by atoms with Crippen molar-refractivity contribution in [1.82, 2.24) is 19.8 Å². The summed E-state index contributed by atoms with van der Waals surface area (Å²) in [6.07, 6.45) is 5.80. The van der Waals surface area contributed by atoms with Gasteiger partial charge in [0.05, 0.1) is 23.5 Å². The Labute approximate surface area is 244 Å². The lowest BCUT2D eigenvalue weighted by atomic mass is 10.0. The summed E-state index contributed by atoms with van der Waals surface area (Å²) in [4.78, 5) is 38.0. The summed E-state index contributed by atoms with van der Waals surface area (Å²) in [5.41, 5.74) is 5.12. The van der Waals surface area contributed by atoms with Gasteiger partial charge in [0.1, 0.15) is 6.29 Å². The van der Waals surface area contributed by atoms with E-state index in [1.54, 1.807) is 12.3 Å². The summed E-state index contributed by atoms with van der Waals surface area (Å²) in [5.74, 6) is 0.573. The standard InChI is InChI=1S/C30H33Cl2N5O3/c1-36(18-28(39)37-10-6-20-4-5-25(31)15-21(20)7-11-37)17-23-3-2-22(14-24(23)19-38)29-27(32)16-33-30(35-29)34-26-8-12-40-13-9-26/h2-5,14-16,19,26H,6-13,17-18H2,1H3,(H,33,34,35). The van der Waals surface area contributed by atoms with E-state index in [1.165, 1.54) is 11.1 Å². The number of anilines is 1. The van der Waals surface area contributed by atoms with E-state index in [0.29, 0.717) is 55.1 Å². The lowest BCUT2D eigenvalue weighted by molar-refractivity contribution is -0.132. The highest BCUT2D eigenvalue weighted by atomic mass is 35.5. The third kappa shape index (κ3) is 6.99. The number of carbonyl (C=O) groups is 2. The number of aromatic nitrogens is 2. The van der Waals surface area contributed by atoms with E-state index in [-0.39, 0.29) is 18.5 Å². The van der Waals surface area contributed by atoms with Gasteiger partial charge in [0.25, 0.3) is 0 Å². The summed E-state index contributed by atoms with van der Waals surface area (Å²) in [6, 6.07) is 11.8. The Balaban J connectivity index is 1.23. The molecule has 1 amide bonds. The molecule has 0 atom stereocenters. The van der Waals surface area contributed by atoms with Crippen LogP contribution in [-0.2, 0) is 28.9 Å². The Morgan fingerprint density at radius 2 is 1.90 bits per heavy atom. The van der Waals surface area contributed by atoms with Gasteiger partial charge in [-0.15, -0.1) is 0 Å². The van der Waals surface area contributed by atoms with Crippen LogP contribution in [0.5, 0.6) is 0 Å². The normalized spacial score (nSPS) is 15.9. The van der Waals surface area contributed by atoms with E-state index < -0.39 is 0 Å². The molecule has 2 aromatic carbocycles. The van der Waals surface area contributed by atoms with Gasteiger partial charge in [-0.1, -0.05) is 41.4 Å². The van der Waals surface area contributed by atoms with Crippen LogP contribution in [0.4, 0.5) is 5.95 Å². The number of hydrogen-bond acceptors (Lipinski definition) is 7. The number of aldehydes is 1. The Bertz CT molecular complexity index is 1380. The van der Waals surface area contributed by atoms with Crippen molar-refractivity contribution in [3.05, 3.63) is 74.9 Å². The molecule has 10 heteroatoms. The van der Waals surface area contributed by atoms with Gasteiger partial charge >= 0.3 is 0 Å². The third-order valence-electron chi connectivity index (χ3n) is 7.51. The predicted octanol–water partition coefficient (Wildman–Crippen LogP) is 4.91. The largest absolute Gasteiger partial charge is 0.381 e. The van der Waals surface area contributed by atoms with E-state index in [0.717, 1.165) is 48.1 Å². The fourth-order valence-corrected chi connectivity index (χ4v) is 5.68. The van der Waals surface area contributed by atoms with Crippen molar-refractivity contribution in [3.8, 4) is 11.3 Å². The van der Waals surface area contributed by atoms with Gasteiger partial charge in [-0.3, -0.25) is 14.5 Å². The van der Waals surface area contributed by atoms with Crippen molar-refractivity contribution < 1.29 is 14.3 Å². The number of carbonyl (C=O) groups excluding carboxylic acids is 2. The van der Waals surface area contributed by atoms with Crippen LogP contribution in [-0.4, -0.2) is 77.9 Å². The van der Waals surface area contributed by atoms with Gasteiger partial charge in [-0.25, -0.2) is 9.97 Å². The number of likely N-dealkylation sites (N-methyl/N-ethyl adjacent to an activating group) is 1. The van der Waals surface area contributed by atoms with E-state index >= 15 is 0 Å². The molecule has 210 valence electrons. The number of nitrogens with zero attached hydrogens (tertiary/aromatic N) is 4. The molecule has 5 rings (SSSR count). The number of fused-ring (bicyclic) bond motifs is 1. The molecule has 0 bridgehead atoms. The summed E-state index contributed by atoms with van der Waals surface area (Å²) in [5, 5.41) is 4.50. The Morgan fingerprint density at radius 1 is 1.12 bits per heavy atom. The molecule has 0 spiro atoms. The van der Waals surface area contributed by atoms with Crippen LogP contribution in [0, 0.1) is 0 Å². The molecule has 8 nitrogen and oxygen atoms in total. The van der Waals surface area contributed by atoms with Crippen LogP contribution in [0.25, 0.3) is 11.3 Å². The summed E-state index contributed by atoms with van der Waals surface area (Å²) in [6.45, 7) is 3.49. The summed E-state index contributed by atoms with van der Waals surface area (Å²) >= 11 is 12.6. The van der Waals surface area contributed by atoms with Crippen LogP contribution in [0.15, 0.2) is 42.6 Å². The molecule has 1 aromatic heterocycles. The molecule has 1 N–H and O–H groups in total. The first-order chi connectivity index (χ1) is 19.4.